The van der Waals surface area contributed by atoms with Crippen LogP contribution in [0.2, 0.25) is 0 Å². The third-order valence-electron chi connectivity index (χ3n) is 3.01. The van der Waals surface area contributed by atoms with E-state index in [9.17, 15) is 8.42 Å². The molecule has 1 unspecified atom stereocenters. The molecule has 1 atom stereocenters. The molecule has 7 heteroatoms. The van der Waals surface area contributed by atoms with Crippen LogP contribution in [0.5, 0.6) is 0 Å². The Morgan fingerprint density at radius 3 is 2.50 bits per heavy atom. The zero-order valence-corrected chi connectivity index (χ0v) is 12.2. The van der Waals surface area contributed by atoms with Crippen LogP contribution >= 0.6 is 0 Å². The Bertz CT molecular complexity index is 507. The lowest BCUT2D eigenvalue weighted by atomic mass is 10.1. The second-order valence-corrected chi connectivity index (χ2v) is 6.18. The summed E-state index contributed by atoms with van der Waals surface area (Å²) in [6, 6.07) is 0.0621. The van der Waals surface area contributed by atoms with Crippen LogP contribution in [-0.2, 0) is 16.6 Å². The average molecular weight is 274 g/mol. The molecule has 0 aliphatic heterocycles. The lowest BCUT2D eigenvalue weighted by molar-refractivity contribution is 0.569. The van der Waals surface area contributed by atoms with Gasteiger partial charge in [0.15, 0.2) is 0 Å². The Kier molecular flexibility index (Phi) is 4.89. The molecule has 0 fully saturated rings. The zero-order chi connectivity index (χ0) is 13.9. The van der Waals surface area contributed by atoms with Crippen molar-refractivity contribution < 1.29 is 8.42 Å². The van der Waals surface area contributed by atoms with Crippen molar-refractivity contribution in [1.82, 2.24) is 15.1 Å². The Morgan fingerprint density at radius 2 is 2.06 bits per heavy atom. The molecule has 0 saturated carbocycles. The van der Waals surface area contributed by atoms with E-state index in [-0.39, 0.29) is 11.8 Å². The monoisotopic (exact) mass is 274 g/mol. The van der Waals surface area contributed by atoms with Crippen LogP contribution in [0, 0.1) is 13.8 Å². The summed E-state index contributed by atoms with van der Waals surface area (Å²) in [4.78, 5) is 0. The molecular weight excluding hydrogens is 252 g/mol. The Morgan fingerprint density at radius 1 is 1.44 bits per heavy atom. The normalized spacial score (nSPS) is 13.8. The van der Waals surface area contributed by atoms with Crippen molar-refractivity contribution >= 4 is 10.0 Å². The van der Waals surface area contributed by atoms with Gasteiger partial charge in [-0.3, -0.25) is 4.68 Å². The summed E-state index contributed by atoms with van der Waals surface area (Å²) in [7, 11) is -3.41. The molecule has 0 aliphatic carbocycles. The van der Waals surface area contributed by atoms with Crippen LogP contribution in [0.3, 0.4) is 0 Å². The van der Waals surface area contributed by atoms with Crippen molar-refractivity contribution in [3.05, 3.63) is 17.0 Å². The highest BCUT2D eigenvalue weighted by Gasteiger charge is 2.16. The minimum Gasteiger partial charge on any atom is -0.309 e. The second-order valence-electron chi connectivity index (χ2n) is 4.44. The number of nitrogens with two attached hydrogens (primary N) is 1. The van der Waals surface area contributed by atoms with Crippen LogP contribution in [0.1, 0.15) is 36.8 Å². The largest absolute Gasteiger partial charge is 0.309 e. The maximum absolute atomic E-state index is 10.9. The van der Waals surface area contributed by atoms with Crippen LogP contribution in [0.25, 0.3) is 0 Å². The zero-order valence-electron chi connectivity index (χ0n) is 11.4. The molecule has 0 bridgehead atoms. The first-order valence-corrected chi connectivity index (χ1v) is 7.75. The summed E-state index contributed by atoms with van der Waals surface area (Å²) >= 11 is 0. The summed E-state index contributed by atoms with van der Waals surface area (Å²) < 4.78 is 23.7. The Labute approximate surface area is 109 Å². The number of aryl methyl sites for hydroxylation is 2. The SMILES string of the molecule is CCn1nc(C)c(C(C)NCCS(N)(=O)=O)c1C. The fourth-order valence-electron chi connectivity index (χ4n) is 2.17. The lowest BCUT2D eigenvalue weighted by Crippen LogP contribution is -2.29. The fourth-order valence-corrected chi connectivity index (χ4v) is 2.57. The van der Waals surface area contributed by atoms with E-state index in [1.807, 2.05) is 32.4 Å². The topological polar surface area (TPSA) is 90.0 Å². The van der Waals surface area contributed by atoms with Gasteiger partial charge < -0.3 is 5.32 Å². The van der Waals surface area contributed by atoms with E-state index in [0.29, 0.717) is 6.54 Å². The quantitative estimate of drug-likeness (QED) is 0.788. The Balaban J connectivity index is 2.73. The molecule has 0 aliphatic rings. The van der Waals surface area contributed by atoms with Crippen LogP contribution in [0.4, 0.5) is 0 Å². The molecule has 1 rings (SSSR count). The number of hydrogen-bond acceptors (Lipinski definition) is 4. The predicted molar refractivity (Wildman–Crippen MR) is 71.8 cm³/mol. The highest BCUT2D eigenvalue weighted by Crippen LogP contribution is 2.20. The lowest BCUT2D eigenvalue weighted by Gasteiger charge is -2.14. The molecule has 0 amide bonds. The minimum atomic E-state index is -3.41. The van der Waals surface area contributed by atoms with Gasteiger partial charge >= 0.3 is 0 Å². The van der Waals surface area contributed by atoms with E-state index in [0.717, 1.165) is 23.5 Å². The van der Waals surface area contributed by atoms with Gasteiger partial charge in [-0.25, -0.2) is 13.6 Å². The van der Waals surface area contributed by atoms with Gasteiger partial charge in [-0.2, -0.15) is 5.10 Å². The number of rotatable bonds is 6. The number of nitrogens with zero attached hydrogens (tertiary/aromatic N) is 2. The van der Waals surface area contributed by atoms with Crippen molar-refractivity contribution in [2.24, 2.45) is 5.14 Å². The van der Waals surface area contributed by atoms with Gasteiger partial charge in [0.2, 0.25) is 10.0 Å². The summed E-state index contributed by atoms with van der Waals surface area (Å²) in [5.74, 6) is -0.0582. The summed E-state index contributed by atoms with van der Waals surface area (Å²) in [5.41, 5.74) is 3.22. The number of sulfonamides is 1. The van der Waals surface area contributed by atoms with E-state index in [1.165, 1.54) is 0 Å². The molecular formula is C11H22N4O2S. The molecule has 0 saturated heterocycles. The van der Waals surface area contributed by atoms with Crippen molar-refractivity contribution in [2.45, 2.75) is 40.3 Å². The molecule has 0 spiro atoms. The minimum absolute atomic E-state index is 0.0582. The first-order valence-electron chi connectivity index (χ1n) is 6.04. The molecule has 104 valence electrons. The van der Waals surface area contributed by atoms with E-state index in [2.05, 4.69) is 10.4 Å². The number of nitrogens with one attached hydrogen (secondary N) is 1. The first-order chi connectivity index (χ1) is 8.26. The van der Waals surface area contributed by atoms with Gasteiger partial charge in [0.25, 0.3) is 0 Å². The molecule has 0 aromatic carbocycles. The number of aromatic nitrogens is 2. The average Bonchev–Trinajstić information content (AvgIpc) is 2.51. The van der Waals surface area contributed by atoms with E-state index in [1.54, 1.807) is 0 Å². The molecule has 18 heavy (non-hydrogen) atoms. The van der Waals surface area contributed by atoms with Gasteiger partial charge in [0, 0.05) is 30.4 Å². The van der Waals surface area contributed by atoms with E-state index < -0.39 is 10.0 Å². The molecule has 1 aromatic rings. The van der Waals surface area contributed by atoms with Gasteiger partial charge in [-0.15, -0.1) is 0 Å². The maximum Gasteiger partial charge on any atom is 0.210 e. The van der Waals surface area contributed by atoms with Gasteiger partial charge in [0.05, 0.1) is 11.4 Å². The van der Waals surface area contributed by atoms with Gasteiger partial charge in [-0.1, -0.05) is 0 Å². The van der Waals surface area contributed by atoms with Crippen molar-refractivity contribution in [1.29, 1.82) is 0 Å². The smallest absolute Gasteiger partial charge is 0.210 e. The summed E-state index contributed by atoms with van der Waals surface area (Å²) in [6.07, 6.45) is 0. The number of hydrogen-bond donors (Lipinski definition) is 2. The van der Waals surface area contributed by atoms with Crippen molar-refractivity contribution in [2.75, 3.05) is 12.3 Å². The first kappa shape index (κ1) is 15.1. The Hall–Kier alpha value is -0.920. The maximum atomic E-state index is 10.9. The highest BCUT2D eigenvalue weighted by molar-refractivity contribution is 7.89. The van der Waals surface area contributed by atoms with Gasteiger partial charge in [0.1, 0.15) is 0 Å². The molecule has 1 heterocycles. The van der Waals surface area contributed by atoms with Crippen LogP contribution < -0.4 is 10.5 Å². The molecule has 1 aromatic heterocycles. The predicted octanol–water partition coefficient (Wildman–Crippen LogP) is 0.459. The van der Waals surface area contributed by atoms with Crippen molar-refractivity contribution in [3.63, 3.8) is 0 Å². The van der Waals surface area contributed by atoms with Crippen LogP contribution in [0.15, 0.2) is 0 Å². The number of primary sulfonamides is 1. The highest BCUT2D eigenvalue weighted by atomic mass is 32.2. The third-order valence-corrected chi connectivity index (χ3v) is 3.78. The molecule has 0 radical (unpaired) electrons. The van der Waals surface area contributed by atoms with Crippen LogP contribution in [-0.4, -0.2) is 30.5 Å². The third kappa shape index (κ3) is 3.79. The van der Waals surface area contributed by atoms with E-state index in [4.69, 9.17) is 5.14 Å². The van der Waals surface area contributed by atoms with Crippen molar-refractivity contribution in [3.8, 4) is 0 Å². The van der Waals surface area contributed by atoms with Gasteiger partial charge in [-0.05, 0) is 27.7 Å². The van der Waals surface area contributed by atoms with E-state index >= 15 is 0 Å². The second kappa shape index (κ2) is 5.81. The molecule has 6 nitrogen and oxygen atoms in total. The summed E-state index contributed by atoms with van der Waals surface area (Å²) in [5, 5.41) is 12.6. The standard InChI is InChI=1S/C11H22N4O2S/c1-5-15-10(4)11(9(3)14-15)8(2)13-6-7-18(12,16)17/h8,13H,5-7H2,1-4H3,(H2,12,16,17). The molecule has 3 N–H and O–H groups in total. The summed E-state index contributed by atoms with van der Waals surface area (Å²) in [6.45, 7) is 9.21. The fraction of sp³-hybridized carbons (Fsp3) is 0.727.